The van der Waals surface area contributed by atoms with Crippen LogP contribution >= 0.6 is 11.6 Å². The molecule has 222 valence electrons. The van der Waals surface area contributed by atoms with E-state index in [4.69, 9.17) is 16.3 Å². The quantitative estimate of drug-likeness (QED) is 0.248. The van der Waals surface area contributed by atoms with Gasteiger partial charge < -0.3 is 30.7 Å². The van der Waals surface area contributed by atoms with Gasteiger partial charge in [-0.05, 0) is 43.4 Å². The number of nitrogens with one attached hydrogen (secondary N) is 3. The fourth-order valence-corrected chi connectivity index (χ4v) is 4.63. The molecule has 1 saturated carbocycles. The van der Waals surface area contributed by atoms with Crippen LogP contribution in [0.2, 0.25) is 5.02 Å². The van der Waals surface area contributed by atoms with Crippen LogP contribution in [0.15, 0.2) is 29.3 Å². The molecule has 0 heterocycles. The van der Waals surface area contributed by atoms with Gasteiger partial charge in [-0.3, -0.25) is 9.59 Å². The number of carbonyl (C=O) groups excluding carboxylic acids is 4. The number of carbonyl (C=O) groups is 4. The number of hydrogen-bond donors (Lipinski definition) is 4. The van der Waals surface area contributed by atoms with Crippen LogP contribution in [0.4, 0.5) is 9.59 Å². The van der Waals surface area contributed by atoms with E-state index in [1.165, 1.54) is 4.90 Å². The highest BCUT2D eigenvalue weighted by Gasteiger charge is 2.24. The topological polar surface area (TPSA) is 149 Å². The lowest BCUT2D eigenvalue weighted by atomic mass is 9.85. The first-order valence-electron chi connectivity index (χ1n) is 13.9. The molecule has 1 aliphatic rings. The third-order valence-electron chi connectivity index (χ3n) is 6.70. The monoisotopic (exact) mass is 579 g/mol. The van der Waals surface area contributed by atoms with Crippen molar-refractivity contribution in [3.63, 3.8) is 0 Å². The highest BCUT2D eigenvalue weighted by molar-refractivity contribution is 6.40. The predicted molar refractivity (Wildman–Crippen MR) is 153 cm³/mol. The third kappa shape index (κ3) is 12.8. The summed E-state index contributed by atoms with van der Waals surface area (Å²) in [6, 6.07) is 5.91. The molecule has 0 bridgehead atoms. The minimum Gasteiger partial charge on any atom is -0.443 e. The molecule has 0 radical (unpaired) electrons. The van der Waals surface area contributed by atoms with Crippen LogP contribution in [0.5, 0.6) is 0 Å². The maximum absolute atomic E-state index is 13.2. The molecule has 4 N–H and O–H groups in total. The predicted octanol–water partition coefficient (Wildman–Crippen LogP) is 3.42. The molecular formula is C28H42ClN5O6. The van der Waals surface area contributed by atoms with Gasteiger partial charge in [0.05, 0.1) is 12.6 Å². The maximum atomic E-state index is 13.2. The number of ether oxygens (including phenoxy) is 1. The smallest absolute Gasteiger partial charge is 0.434 e. The van der Waals surface area contributed by atoms with Crippen LogP contribution in [0.1, 0.15) is 63.9 Å². The Morgan fingerprint density at radius 3 is 2.60 bits per heavy atom. The zero-order chi connectivity index (χ0) is 29.3. The summed E-state index contributed by atoms with van der Waals surface area (Å²) in [5.41, 5.74) is 0.755. The summed E-state index contributed by atoms with van der Waals surface area (Å²) in [4.78, 5) is 55.1. The summed E-state index contributed by atoms with van der Waals surface area (Å²) in [5.74, 6) is -0.517. The molecule has 0 aliphatic heterocycles. The Bertz CT molecular complexity index is 1010. The van der Waals surface area contributed by atoms with Crippen LogP contribution in [0.3, 0.4) is 0 Å². The standard InChI is InChI=1S/C28H42ClN5O6/c1-3-30-27(38)31-14-15-34(2)25(36)13-12-23(18-35)32-26(37)24(17-20-8-5-4-6-9-20)33-28(39)40-19-21-10-7-11-22(29)16-21/h7,10-11,16,20,23,35H,3-6,8-9,12-15,17-19H2,1-2H3,(H,32,37)(H2,30,31,38)/b33-24+/t23-/m0/s1. The highest BCUT2D eigenvalue weighted by atomic mass is 35.5. The molecule has 2 rings (SSSR count). The van der Waals surface area contributed by atoms with Gasteiger partial charge in [-0.15, -0.1) is 0 Å². The van der Waals surface area contributed by atoms with E-state index in [9.17, 15) is 24.3 Å². The Balaban J connectivity index is 1.94. The zero-order valence-corrected chi connectivity index (χ0v) is 24.2. The molecule has 11 nitrogen and oxygen atoms in total. The van der Waals surface area contributed by atoms with Crippen molar-refractivity contribution in [2.24, 2.45) is 10.9 Å². The average Bonchev–Trinajstić information content (AvgIpc) is 2.94. The van der Waals surface area contributed by atoms with Gasteiger partial charge in [-0.1, -0.05) is 55.8 Å². The zero-order valence-electron chi connectivity index (χ0n) is 23.4. The van der Waals surface area contributed by atoms with Gasteiger partial charge >= 0.3 is 12.1 Å². The van der Waals surface area contributed by atoms with Gasteiger partial charge in [0.1, 0.15) is 12.3 Å². The first-order chi connectivity index (χ1) is 19.2. The molecule has 1 fully saturated rings. The number of nitrogens with zero attached hydrogens (tertiary/aromatic N) is 2. The molecule has 1 aromatic carbocycles. The fraction of sp³-hybridized carbons (Fsp3) is 0.607. The molecule has 12 heteroatoms. The Morgan fingerprint density at radius 2 is 1.93 bits per heavy atom. The van der Waals surface area contributed by atoms with E-state index in [0.717, 1.165) is 32.1 Å². The van der Waals surface area contributed by atoms with Gasteiger partial charge in [0.2, 0.25) is 5.91 Å². The van der Waals surface area contributed by atoms with Crippen molar-refractivity contribution >= 4 is 41.3 Å². The molecule has 5 amide bonds. The SMILES string of the molecule is CCNC(=O)NCCN(C)C(=O)CC[C@@H](CO)NC(=O)/C(CC1CCCCC1)=N/C(=O)OCc1cccc(Cl)c1. The lowest BCUT2D eigenvalue weighted by Gasteiger charge is -2.23. The van der Waals surface area contributed by atoms with Gasteiger partial charge in [0, 0.05) is 38.1 Å². The summed E-state index contributed by atoms with van der Waals surface area (Å²) < 4.78 is 5.26. The number of rotatable bonds is 14. The molecule has 0 unspecified atom stereocenters. The van der Waals surface area contributed by atoms with Crippen molar-refractivity contribution < 1.29 is 29.0 Å². The number of aliphatic imine (C=N–C) groups is 1. The van der Waals surface area contributed by atoms with Crippen LogP contribution < -0.4 is 16.0 Å². The Hall–Kier alpha value is -3.18. The number of benzene rings is 1. The molecular weight excluding hydrogens is 538 g/mol. The van der Waals surface area contributed by atoms with Gasteiger partial charge in [-0.25, -0.2) is 9.59 Å². The minimum absolute atomic E-state index is 0.0328. The van der Waals surface area contributed by atoms with E-state index in [2.05, 4.69) is 20.9 Å². The Labute approximate surface area is 241 Å². The van der Waals surface area contributed by atoms with E-state index >= 15 is 0 Å². The maximum Gasteiger partial charge on any atom is 0.434 e. The van der Waals surface area contributed by atoms with Crippen LogP contribution in [-0.2, 0) is 20.9 Å². The van der Waals surface area contributed by atoms with Gasteiger partial charge in [0.15, 0.2) is 0 Å². The second kappa shape index (κ2) is 18.2. The number of halogens is 1. The van der Waals surface area contributed by atoms with Crippen molar-refractivity contribution in [2.45, 2.75) is 70.9 Å². The molecule has 0 spiro atoms. The number of urea groups is 1. The van der Waals surface area contributed by atoms with Gasteiger partial charge in [0.25, 0.3) is 5.91 Å². The van der Waals surface area contributed by atoms with Crippen molar-refractivity contribution in [3.05, 3.63) is 34.9 Å². The second-order valence-corrected chi connectivity index (χ2v) is 10.4. The lowest BCUT2D eigenvalue weighted by molar-refractivity contribution is -0.130. The highest BCUT2D eigenvalue weighted by Crippen LogP contribution is 2.27. The summed E-state index contributed by atoms with van der Waals surface area (Å²) in [6.45, 7) is 2.52. The first-order valence-corrected chi connectivity index (χ1v) is 14.3. The number of likely N-dealkylation sites (N-methyl/N-ethyl adjacent to an activating group) is 1. The minimum atomic E-state index is -0.875. The number of aliphatic hydroxyl groups excluding tert-OH is 1. The number of amides is 5. The van der Waals surface area contributed by atoms with E-state index in [-0.39, 0.29) is 49.6 Å². The number of aliphatic hydroxyl groups is 1. The largest absolute Gasteiger partial charge is 0.443 e. The normalized spacial score (nSPS) is 14.7. The van der Waals surface area contributed by atoms with Crippen molar-refractivity contribution in [2.75, 3.05) is 33.3 Å². The molecule has 1 atom stereocenters. The van der Waals surface area contributed by atoms with Crippen molar-refractivity contribution in [1.29, 1.82) is 0 Å². The molecule has 40 heavy (non-hydrogen) atoms. The molecule has 0 saturated heterocycles. The summed E-state index contributed by atoms with van der Waals surface area (Å²) >= 11 is 5.98. The van der Waals surface area contributed by atoms with E-state index in [1.54, 1.807) is 31.3 Å². The summed E-state index contributed by atoms with van der Waals surface area (Å²) in [7, 11) is 1.62. The van der Waals surface area contributed by atoms with Crippen molar-refractivity contribution in [3.8, 4) is 0 Å². The van der Waals surface area contributed by atoms with Crippen LogP contribution in [0.25, 0.3) is 0 Å². The van der Waals surface area contributed by atoms with Crippen molar-refractivity contribution in [1.82, 2.24) is 20.9 Å². The molecule has 0 aromatic heterocycles. The Kier molecular flexibility index (Phi) is 15.0. The first kappa shape index (κ1) is 33.0. The summed E-state index contributed by atoms with van der Waals surface area (Å²) in [5, 5.41) is 18.4. The second-order valence-electron chi connectivity index (χ2n) is 9.94. The van der Waals surface area contributed by atoms with Crippen LogP contribution in [0, 0.1) is 5.92 Å². The number of hydrogen-bond acceptors (Lipinski definition) is 6. The average molecular weight is 580 g/mol. The third-order valence-corrected chi connectivity index (χ3v) is 6.94. The van der Waals surface area contributed by atoms with Gasteiger partial charge in [-0.2, -0.15) is 4.99 Å². The van der Waals surface area contributed by atoms with E-state index < -0.39 is 18.0 Å². The van der Waals surface area contributed by atoms with E-state index in [1.807, 2.05) is 6.92 Å². The Morgan fingerprint density at radius 1 is 1.18 bits per heavy atom. The molecule has 1 aliphatic carbocycles. The van der Waals surface area contributed by atoms with E-state index in [0.29, 0.717) is 36.6 Å². The fourth-order valence-electron chi connectivity index (χ4n) is 4.42. The summed E-state index contributed by atoms with van der Waals surface area (Å²) in [6.07, 6.45) is 4.90. The molecule has 1 aromatic rings. The lowest BCUT2D eigenvalue weighted by Crippen LogP contribution is -2.43. The van der Waals surface area contributed by atoms with Crippen LogP contribution in [-0.4, -0.2) is 79.0 Å².